The number of hydrogen-bond donors (Lipinski definition) is 2. The van der Waals surface area contributed by atoms with Crippen molar-refractivity contribution in [2.24, 2.45) is 5.92 Å². The maximum Gasteiger partial charge on any atom is 0.306 e. The van der Waals surface area contributed by atoms with Crippen molar-refractivity contribution in [2.45, 2.75) is 38.3 Å². The van der Waals surface area contributed by atoms with Gasteiger partial charge in [-0.05, 0) is 55.9 Å². The molecule has 4 rings (SSSR count). The number of hydrogen-bond acceptors (Lipinski definition) is 7. The number of methoxy groups -OCH3 is 1. The summed E-state index contributed by atoms with van der Waals surface area (Å²) in [5, 5.41) is 12.8. The fourth-order valence-electron chi connectivity index (χ4n) is 3.79. The van der Waals surface area contributed by atoms with Crippen LogP contribution in [0.25, 0.3) is 10.4 Å². The molecule has 2 aromatic heterocycles. The molecule has 9 heteroatoms. The number of carbonyl (C=O) groups is 1. The Kier molecular flexibility index (Phi) is 5.86. The maximum atomic E-state index is 15.5. The molecule has 0 amide bonds. The van der Waals surface area contributed by atoms with E-state index in [4.69, 9.17) is 9.84 Å². The zero-order valence-corrected chi connectivity index (χ0v) is 18.1. The number of rotatable bonds is 6. The van der Waals surface area contributed by atoms with Gasteiger partial charge in [-0.1, -0.05) is 6.07 Å². The van der Waals surface area contributed by atoms with Gasteiger partial charge in [-0.3, -0.25) is 4.79 Å². The van der Waals surface area contributed by atoms with Gasteiger partial charge < -0.3 is 15.2 Å². The van der Waals surface area contributed by atoms with Crippen LogP contribution in [-0.2, 0) is 10.5 Å². The maximum absolute atomic E-state index is 15.5. The van der Waals surface area contributed by atoms with Crippen molar-refractivity contribution in [3.8, 4) is 16.3 Å². The Morgan fingerprint density at radius 1 is 1.29 bits per heavy atom. The molecule has 0 radical (unpaired) electrons. The third kappa shape index (κ3) is 4.66. The van der Waals surface area contributed by atoms with E-state index in [1.807, 2.05) is 25.1 Å². The predicted octanol–water partition coefficient (Wildman–Crippen LogP) is 5.10. The molecule has 7 nitrogen and oxygen atoms in total. The van der Waals surface area contributed by atoms with E-state index >= 15 is 4.39 Å². The molecule has 31 heavy (non-hydrogen) atoms. The Hall–Kier alpha value is -3.07. The molecule has 3 aromatic rings. The second-order valence-corrected chi connectivity index (χ2v) is 8.77. The van der Waals surface area contributed by atoms with E-state index in [1.165, 1.54) is 11.3 Å². The fourth-order valence-corrected chi connectivity index (χ4v) is 4.84. The normalized spacial score (nSPS) is 20.9. The van der Waals surface area contributed by atoms with Crippen LogP contribution < -0.4 is 10.1 Å². The van der Waals surface area contributed by atoms with Crippen molar-refractivity contribution in [1.82, 2.24) is 15.0 Å². The first kappa shape index (κ1) is 21.2. The number of ether oxygens (including phenoxy) is 1. The van der Waals surface area contributed by atoms with Crippen LogP contribution in [0.1, 0.15) is 36.3 Å². The molecule has 1 aromatic carbocycles. The minimum Gasteiger partial charge on any atom is -0.481 e. The summed E-state index contributed by atoms with van der Waals surface area (Å²) in [5.41, 5.74) is 1.18. The molecule has 1 saturated carbocycles. The SMILES string of the molecule is COc1ccnc(Nc2cc(C)cc(-c3cnc([C@]4(F)CC[C@H](C(=O)O)CC4)s3)c2)n1. The lowest BCUT2D eigenvalue weighted by atomic mass is 9.80. The van der Waals surface area contributed by atoms with Crippen LogP contribution in [0, 0.1) is 12.8 Å². The summed E-state index contributed by atoms with van der Waals surface area (Å²) >= 11 is 1.32. The summed E-state index contributed by atoms with van der Waals surface area (Å²) in [4.78, 5) is 24.8. The van der Waals surface area contributed by atoms with Gasteiger partial charge in [0, 0.05) is 24.1 Å². The number of benzene rings is 1. The Morgan fingerprint density at radius 3 is 2.77 bits per heavy atom. The predicted molar refractivity (Wildman–Crippen MR) is 117 cm³/mol. The highest BCUT2D eigenvalue weighted by atomic mass is 32.1. The third-order valence-corrected chi connectivity index (χ3v) is 6.70. The number of halogens is 1. The average molecular weight is 443 g/mol. The van der Waals surface area contributed by atoms with Crippen molar-refractivity contribution in [3.63, 3.8) is 0 Å². The zero-order chi connectivity index (χ0) is 22.0. The number of thiazole rings is 1. The van der Waals surface area contributed by atoms with Crippen LogP contribution in [0.2, 0.25) is 0 Å². The van der Waals surface area contributed by atoms with E-state index in [0.29, 0.717) is 29.7 Å². The lowest BCUT2D eigenvalue weighted by molar-refractivity contribution is -0.143. The lowest BCUT2D eigenvalue weighted by Gasteiger charge is -2.30. The molecular weight excluding hydrogens is 419 g/mol. The molecule has 2 heterocycles. The minimum atomic E-state index is -1.56. The second-order valence-electron chi connectivity index (χ2n) is 7.74. The number of alkyl halides is 1. The second kappa shape index (κ2) is 8.58. The van der Waals surface area contributed by atoms with Gasteiger partial charge in [-0.2, -0.15) is 4.98 Å². The molecule has 0 unspecified atom stereocenters. The number of carboxylic acid groups (broad SMARTS) is 1. The number of aliphatic carboxylic acids is 1. The molecular formula is C22H23FN4O3S. The van der Waals surface area contributed by atoms with Crippen LogP contribution in [0.4, 0.5) is 16.0 Å². The zero-order valence-electron chi connectivity index (χ0n) is 17.3. The van der Waals surface area contributed by atoms with E-state index < -0.39 is 17.6 Å². The molecule has 1 aliphatic carbocycles. The van der Waals surface area contributed by atoms with Crippen LogP contribution in [0.15, 0.2) is 36.7 Å². The Balaban J connectivity index is 1.55. The van der Waals surface area contributed by atoms with Crippen LogP contribution >= 0.6 is 11.3 Å². The molecule has 1 fully saturated rings. The van der Waals surface area contributed by atoms with Gasteiger partial charge in [0.1, 0.15) is 5.01 Å². The first-order chi connectivity index (χ1) is 14.9. The van der Waals surface area contributed by atoms with E-state index in [-0.39, 0.29) is 12.8 Å². The molecule has 0 bridgehead atoms. The Bertz CT molecular complexity index is 1100. The summed E-state index contributed by atoms with van der Waals surface area (Å²) in [6.07, 6.45) is 4.33. The largest absolute Gasteiger partial charge is 0.481 e. The van der Waals surface area contributed by atoms with Crippen LogP contribution in [0.3, 0.4) is 0 Å². The highest BCUT2D eigenvalue weighted by molar-refractivity contribution is 7.15. The van der Waals surface area contributed by atoms with Gasteiger partial charge in [0.15, 0.2) is 5.67 Å². The molecule has 0 atom stereocenters. The first-order valence-electron chi connectivity index (χ1n) is 10.0. The van der Waals surface area contributed by atoms with Crippen molar-refractivity contribution >= 4 is 28.9 Å². The van der Waals surface area contributed by atoms with Gasteiger partial charge in [0.05, 0.1) is 17.9 Å². The monoisotopic (exact) mass is 442 g/mol. The molecule has 0 saturated heterocycles. The summed E-state index contributed by atoms with van der Waals surface area (Å²) in [7, 11) is 1.55. The van der Waals surface area contributed by atoms with Crippen molar-refractivity contribution in [1.29, 1.82) is 0 Å². The lowest BCUT2D eigenvalue weighted by Crippen LogP contribution is -2.30. The standard InChI is InChI=1S/C22H23FN4O3S/c1-13-9-15(11-16(10-13)26-21-24-8-5-18(27-21)30-2)17-12-25-20(31-17)22(23)6-3-14(4-7-22)19(28)29/h5,8-12,14H,3-4,6-7H2,1-2H3,(H,28,29)(H,24,26,27)/t14-,22-. The summed E-state index contributed by atoms with van der Waals surface area (Å²) in [5.74, 6) is -0.434. The van der Waals surface area contributed by atoms with Crippen molar-refractivity contribution in [2.75, 3.05) is 12.4 Å². The number of aryl methyl sites for hydroxylation is 1. The molecule has 0 spiro atoms. The van der Waals surface area contributed by atoms with Crippen LogP contribution in [0.5, 0.6) is 5.88 Å². The van der Waals surface area contributed by atoms with Gasteiger partial charge >= 0.3 is 5.97 Å². The van der Waals surface area contributed by atoms with E-state index in [2.05, 4.69) is 20.3 Å². The highest BCUT2D eigenvalue weighted by Crippen LogP contribution is 2.45. The minimum absolute atomic E-state index is 0.185. The van der Waals surface area contributed by atoms with Gasteiger partial charge in [-0.25, -0.2) is 14.4 Å². The van der Waals surface area contributed by atoms with Crippen molar-refractivity contribution < 1.29 is 19.0 Å². The fraction of sp³-hybridized carbons (Fsp3) is 0.364. The Morgan fingerprint density at radius 2 is 2.06 bits per heavy atom. The van der Waals surface area contributed by atoms with Gasteiger partial charge in [0.25, 0.3) is 0 Å². The first-order valence-corrected chi connectivity index (χ1v) is 10.8. The smallest absolute Gasteiger partial charge is 0.306 e. The molecule has 2 N–H and O–H groups in total. The molecule has 162 valence electrons. The number of nitrogens with one attached hydrogen (secondary N) is 1. The number of carboxylic acids is 1. The number of anilines is 2. The van der Waals surface area contributed by atoms with Crippen LogP contribution in [-0.4, -0.2) is 33.1 Å². The van der Waals surface area contributed by atoms with Crippen molar-refractivity contribution in [3.05, 3.63) is 47.2 Å². The third-order valence-electron chi connectivity index (χ3n) is 5.47. The van der Waals surface area contributed by atoms with E-state index in [0.717, 1.165) is 21.7 Å². The average Bonchev–Trinajstić information content (AvgIpc) is 3.25. The van der Waals surface area contributed by atoms with Gasteiger partial charge in [0.2, 0.25) is 11.8 Å². The summed E-state index contributed by atoms with van der Waals surface area (Å²) in [6, 6.07) is 7.60. The highest BCUT2D eigenvalue weighted by Gasteiger charge is 2.41. The number of aromatic nitrogens is 3. The summed E-state index contributed by atoms with van der Waals surface area (Å²) in [6.45, 7) is 1.98. The number of nitrogens with zero attached hydrogens (tertiary/aromatic N) is 3. The van der Waals surface area contributed by atoms with E-state index in [1.54, 1.807) is 25.6 Å². The van der Waals surface area contributed by atoms with Gasteiger partial charge in [-0.15, -0.1) is 11.3 Å². The van der Waals surface area contributed by atoms with E-state index in [9.17, 15) is 4.79 Å². The quantitative estimate of drug-likeness (QED) is 0.548. The Labute approximate surface area is 183 Å². The molecule has 0 aliphatic heterocycles. The summed E-state index contributed by atoms with van der Waals surface area (Å²) < 4.78 is 20.6. The molecule has 1 aliphatic rings. The topological polar surface area (TPSA) is 97.2 Å².